The molecule has 0 N–H and O–H groups in total. The minimum absolute atomic E-state index is 0.103. The van der Waals surface area contributed by atoms with Gasteiger partial charge < -0.3 is 0 Å². The quantitative estimate of drug-likeness (QED) is 0.682. The first-order valence-corrected chi connectivity index (χ1v) is 8.02. The molecule has 3 fully saturated rings. The first-order valence-electron chi connectivity index (χ1n) is 8.02. The van der Waals surface area contributed by atoms with Gasteiger partial charge >= 0.3 is 0 Å². The summed E-state index contributed by atoms with van der Waals surface area (Å²) in [6.07, 6.45) is 9.31. The lowest BCUT2D eigenvalue weighted by molar-refractivity contribution is -0.155. The lowest BCUT2D eigenvalue weighted by Crippen LogP contribution is -2.52. The number of fused-ring (bicyclic) bond motifs is 1. The number of likely N-dealkylation sites (tertiary alicyclic amines) is 1. The Morgan fingerprint density at radius 3 is 2.53 bits per heavy atom. The fourth-order valence-corrected chi connectivity index (χ4v) is 4.30. The van der Waals surface area contributed by atoms with E-state index in [-0.39, 0.29) is 23.8 Å². The Morgan fingerprint density at radius 1 is 1.05 bits per heavy atom. The third kappa shape index (κ3) is 2.44. The molecule has 2 atom stereocenters. The van der Waals surface area contributed by atoms with Crippen LogP contribution in [-0.4, -0.2) is 22.8 Å². The average Bonchev–Trinajstić information content (AvgIpc) is 2.87. The van der Waals surface area contributed by atoms with Gasteiger partial charge in [-0.3, -0.25) is 14.5 Å². The molecule has 1 heterocycles. The molecule has 19 heavy (non-hydrogen) atoms. The summed E-state index contributed by atoms with van der Waals surface area (Å²) in [5.74, 6) is 1.74. The average molecular weight is 263 g/mol. The van der Waals surface area contributed by atoms with Gasteiger partial charge in [0, 0.05) is 18.4 Å². The van der Waals surface area contributed by atoms with Gasteiger partial charge in [-0.25, -0.2) is 0 Å². The molecular weight excluding hydrogens is 238 g/mol. The molecule has 2 saturated carbocycles. The SMILES string of the molecule is CC1CCC(C(=O)N2C(=O)CC[C@H]3CCCC32)CC1. The smallest absolute Gasteiger partial charge is 0.232 e. The van der Waals surface area contributed by atoms with Gasteiger partial charge in [0.1, 0.15) is 0 Å². The van der Waals surface area contributed by atoms with Gasteiger partial charge in [-0.15, -0.1) is 0 Å². The number of hydrogen-bond acceptors (Lipinski definition) is 2. The Balaban J connectivity index is 1.72. The first-order chi connectivity index (χ1) is 9.16. The Bertz CT molecular complexity index is 371. The fourth-order valence-electron chi connectivity index (χ4n) is 4.30. The molecule has 1 aliphatic heterocycles. The van der Waals surface area contributed by atoms with E-state index in [9.17, 15) is 9.59 Å². The highest BCUT2D eigenvalue weighted by Crippen LogP contribution is 2.39. The summed E-state index contributed by atoms with van der Waals surface area (Å²) >= 11 is 0. The summed E-state index contributed by atoms with van der Waals surface area (Å²) in [7, 11) is 0. The van der Waals surface area contributed by atoms with Crippen LogP contribution in [0.1, 0.15) is 64.7 Å². The molecule has 3 heteroatoms. The zero-order valence-corrected chi connectivity index (χ0v) is 11.9. The molecule has 1 saturated heterocycles. The van der Waals surface area contributed by atoms with Crippen LogP contribution in [0.2, 0.25) is 0 Å². The number of rotatable bonds is 1. The normalized spacial score (nSPS) is 39.2. The molecule has 0 spiro atoms. The van der Waals surface area contributed by atoms with E-state index in [1.807, 2.05) is 0 Å². The fraction of sp³-hybridized carbons (Fsp3) is 0.875. The maximum absolute atomic E-state index is 12.7. The standard InChI is InChI=1S/C16H25NO2/c1-11-5-7-13(8-6-11)16(19)17-14-4-2-3-12(14)9-10-15(17)18/h11-14H,2-10H2,1H3/t11?,12-,13?,14?/m1/s1. The Kier molecular flexibility index (Phi) is 3.64. The van der Waals surface area contributed by atoms with Crippen LogP contribution in [0.15, 0.2) is 0 Å². The van der Waals surface area contributed by atoms with Crippen LogP contribution in [0.25, 0.3) is 0 Å². The summed E-state index contributed by atoms with van der Waals surface area (Å²) in [4.78, 5) is 26.6. The van der Waals surface area contributed by atoms with Crippen LogP contribution in [0.5, 0.6) is 0 Å². The number of piperidine rings is 1. The van der Waals surface area contributed by atoms with Gasteiger partial charge in [0.05, 0.1) is 0 Å². The van der Waals surface area contributed by atoms with Crippen molar-refractivity contribution < 1.29 is 9.59 Å². The van der Waals surface area contributed by atoms with Crippen LogP contribution in [-0.2, 0) is 9.59 Å². The molecule has 0 aromatic carbocycles. The highest BCUT2D eigenvalue weighted by molar-refractivity contribution is 5.97. The summed E-state index contributed by atoms with van der Waals surface area (Å²) in [5.41, 5.74) is 0. The number of carbonyl (C=O) groups is 2. The lowest BCUT2D eigenvalue weighted by atomic mass is 9.81. The van der Waals surface area contributed by atoms with Gasteiger partial charge in [-0.05, 0) is 56.8 Å². The molecule has 0 aromatic rings. The van der Waals surface area contributed by atoms with Crippen molar-refractivity contribution in [2.24, 2.45) is 17.8 Å². The highest BCUT2D eigenvalue weighted by atomic mass is 16.2. The third-order valence-corrected chi connectivity index (χ3v) is 5.55. The van der Waals surface area contributed by atoms with Gasteiger partial charge in [0.25, 0.3) is 0 Å². The van der Waals surface area contributed by atoms with Gasteiger partial charge in [0.15, 0.2) is 0 Å². The second kappa shape index (κ2) is 5.26. The number of imide groups is 1. The van der Waals surface area contributed by atoms with Crippen molar-refractivity contribution in [3.8, 4) is 0 Å². The van der Waals surface area contributed by atoms with Crippen molar-refractivity contribution in [2.75, 3.05) is 0 Å². The molecule has 0 bridgehead atoms. The van der Waals surface area contributed by atoms with E-state index in [0.717, 1.165) is 44.4 Å². The second-order valence-electron chi connectivity index (χ2n) is 6.86. The van der Waals surface area contributed by atoms with Crippen LogP contribution in [0, 0.1) is 17.8 Å². The molecule has 2 aliphatic carbocycles. The summed E-state index contributed by atoms with van der Waals surface area (Å²) in [6, 6.07) is 0.244. The van der Waals surface area contributed by atoms with Crippen molar-refractivity contribution in [3.05, 3.63) is 0 Å². The number of carbonyl (C=O) groups excluding carboxylic acids is 2. The number of nitrogens with zero attached hydrogens (tertiary/aromatic N) is 1. The summed E-state index contributed by atoms with van der Waals surface area (Å²) in [6.45, 7) is 2.26. The van der Waals surface area contributed by atoms with Crippen molar-refractivity contribution in [1.29, 1.82) is 0 Å². The monoisotopic (exact) mass is 263 g/mol. The van der Waals surface area contributed by atoms with Crippen LogP contribution in [0.4, 0.5) is 0 Å². The molecule has 3 rings (SSSR count). The second-order valence-corrected chi connectivity index (χ2v) is 6.86. The van der Waals surface area contributed by atoms with E-state index in [1.54, 1.807) is 4.90 Å². The highest BCUT2D eigenvalue weighted by Gasteiger charge is 2.43. The summed E-state index contributed by atoms with van der Waals surface area (Å²) in [5, 5.41) is 0. The molecule has 2 amide bonds. The van der Waals surface area contributed by atoms with Crippen molar-refractivity contribution in [1.82, 2.24) is 4.90 Å². The molecular formula is C16H25NO2. The van der Waals surface area contributed by atoms with E-state index in [2.05, 4.69) is 6.92 Å². The molecule has 3 nitrogen and oxygen atoms in total. The van der Waals surface area contributed by atoms with Crippen molar-refractivity contribution in [2.45, 2.75) is 70.8 Å². The number of hydrogen-bond donors (Lipinski definition) is 0. The zero-order valence-electron chi connectivity index (χ0n) is 11.9. The summed E-state index contributed by atoms with van der Waals surface area (Å²) < 4.78 is 0. The van der Waals surface area contributed by atoms with E-state index < -0.39 is 0 Å². The van der Waals surface area contributed by atoms with E-state index in [1.165, 1.54) is 12.8 Å². The van der Waals surface area contributed by atoms with Crippen LogP contribution >= 0.6 is 0 Å². The largest absolute Gasteiger partial charge is 0.279 e. The van der Waals surface area contributed by atoms with E-state index in [0.29, 0.717) is 12.3 Å². The maximum atomic E-state index is 12.7. The number of amides is 2. The first kappa shape index (κ1) is 13.1. The molecule has 0 aromatic heterocycles. The van der Waals surface area contributed by atoms with Crippen LogP contribution < -0.4 is 0 Å². The van der Waals surface area contributed by atoms with Crippen molar-refractivity contribution in [3.63, 3.8) is 0 Å². The van der Waals surface area contributed by atoms with Gasteiger partial charge in [0.2, 0.25) is 11.8 Å². The minimum atomic E-state index is 0.103. The predicted octanol–water partition coefficient (Wildman–Crippen LogP) is 3.13. The topological polar surface area (TPSA) is 37.4 Å². The molecule has 0 radical (unpaired) electrons. The maximum Gasteiger partial charge on any atom is 0.232 e. The van der Waals surface area contributed by atoms with E-state index >= 15 is 0 Å². The molecule has 106 valence electrons. The predicted molar refractivity (Wildman–Crippen MR) is 73.3 cm³/mol. The third-order valence-electron chi connectivity index (χ3n) is 5.55. The molecule has 1 unspecified atom stereocenters. The van der Waals surface area contributed by atoms with Crippen LogP contribution in [0.3, 0.4) is 0 Å². The Morgan fingerprint density at radius 2 is 1.79 bits per heavy atom. The minimum Gasteiger partial charge on any atom is -0.279 e. The van der Waals surface area contributed by atoms with E-state index in [4.69, 9.17) is 0 Å². The van der Waals surface area contributed by atoms with Gasteiger partial charge in [-0.1, -0.05) is 13.3 Å². The van der Waals surface area contributed by atoms with Gasteiger partial charge in [-0.2, -0.15) is 0 Å². The zero-order chi connectivity index (χ0) is 13.4. The Labute approximate surface area is 115 Å². The molecule has 3 aliphatic rings. The van der Waals surface area contributed by atoms with Crippen molar-refractivity contribution >= 4 is 11.8 Å². The Hall–Kier alpha value is -0.860. The lowest BCUT2D eigenvalue weighted by Gasteiger charge is -2.39.